The molecule has 1 fully saturated rings. The molecule has 1 aliphatic heterocycles. The SMILES string of the molecule is CC(=O)Nc1ccc(NC(=O)[C@@H]2CCCN2C(=O)Nc2ccc(F)c([N+](=O)[O-])c2)cc1. The first-order valence-electron chi connectivity index (χ1n) is 9.44. The molecule has 0 unspecified atom stereocenters. The lowest BCUT2D eigenvalue weighted by atomic mass is 10.2. The highest BCUT2D eigenvalue weighted by atomic mass is 19.1. The summed E-state index contributed by atoms with van der Waals surface area (Å²) in [6.45, 7) is 1.72. The van der Waals surface area contributed by atoms with Gasteiger partial charge in [0, 0.05) is 36.6 Å². The van der Waals surface area contributed by atoms with Gasteiger partial charge >= 0.3 is 11.7 Å². The van der Waals surface area contributed by atoms with Crippen molar-refractivity contribution in [3.8, 4) is 0 Å². The Bertz CT molecular complexity index is 1030. The number of nitrogens with one attached hydrogen (secondary N) is 3. The number of anilines is 3. The van der Waals surface area contributed by atoms with Crippen molar-refractivity contribution in [3.63, 3.8) is 0 Å². The lowest BCUT2D eigenvalue weighted by Gasteiger charge is -2.24. The number of halogens is 1. The molecule has 0 spiro atoms. The average molecular weight is 429 g/mol. The molecule has 0 radical (unpaired) electrons. The summed E-state index contributed by atoms with van der Waals surface area (Å²) in [5, 5.41) is 18.7. The highest BCUT2D eigenvalue weighted by Gasteiger charge is 2.34. The van der Waals surface area contributed by atoms with Crippen molar-refractivity contribution < 1.29 is 23.7 Å². The predicted octanol–water partition coefficient (Wildman–Crippen LogP) is 3.33. The number of amides is 4. The molecule has 31 heavy (non-hydrogen) atoms. The van der Waals surface area contributed by atoms with E-state index in [2.05, 4.69) is 16.0 Å². The molecule has 3 N–H and O–H groups in total. The van der Waals surface area contributed by atoms with E-state index in [1.165, 1.54) is 17.9 Å². The summed E-state index contributed by atoms with van der Waals surface area (Å²) in [5.74, 6) is -1.60. The summed E-state index contributed by atoms with van der Waals surface area (Å²) in [4.78, 5) is 47.7. The Hall–Kier alpha value is -4.02. The number of likely N-dealkylation sites (tertiary alicyclic amines) is 1. The molecule has 0 bridgehead atoms. The van der Waals surface area contributed by atoms with Crippen molar-refractivity contribution in [2.24, 2.45) is 0 Å². The summed E-state index contributed by atoms with van der Waals surface area (Å²) < 4.78 is 13.5. The molecule has 3 rings (SSSR count). The molecule has 10 nitrogen and oxygen atoms in total. The van der Waals surface area contributed by atoms with Gasteiger partial charge in [-0.2, -0.15) is 4.39 Å². The van der Waals surface area contributed by atoms with E-state index in [0.717, 1.165) is 12.1 Å². The van der Waals surface area contributed by atoms with Gasteiger partial charge in [-0.3, -0.25) is 19.7 Å². The van der Waals surface area contributed by atoms with Gasteiger partial charge in [0.25, 0.3) is 0 Å². The zero-order chi connectivity index (χ0) is 22.5. The molecule has 2 aromatic rings. The van der Waals surface area contributed by atoms with Crippen LogP contribution in [0.3, 0.4) is 0 Å². The maximum atomic E-state index is 13.5. The fourth-order valence-corrected chi connectivity index (χ4v) is 3.27. The standard InChI is InChI=1S/C20H20FN5O5/c1-12(27)22-13-4-6-14(7-5-13)23-19(28)17-3-2-10-25(17)20(29)24-15-8-9-16(21)18(11-15)26(30)31/h4-9,11,17H,2-3,10H2,1H3,(H,22,27)(H,23,28)(H,24,29)/t17-/m0/s1. The van der Waals surface area contributed by atoms with Crippen molar-refractivity contribution in [1.82, 2.24) is 4.90 Å². The lowest BCUT2D eigenvalue weighted by molar-refractivity contribution is -0.387. The summed E-state index contributed by atoms with van der Waals surface area (Å²) in [7, 11) is 0. The van der Waals surface area contributed by atoms with Crippen molar-refractivity contribution in [2.45, 2.75) is 25.8 Å². The minimum atomic E-state index is -1.01. The second-order valence-corrected chi connectivity index (χ2v) is 6.95. The number of rotatable bonds is 5. The van der Waals surface area contributed by atoms with Gasteiger partial charge in [0.2, 0.25) is 17.6 Å². The summed E-state index contributed by atoms with van der Waals surface area (Å²) in [6, 6.07) is 8.21. The first-order chi connectivity index (χ1) is 14.7. The number of nitrogens with zero attached hydrogens (tertiary/aromatic N) is 2. The van der Waals surface area contributed by atoms with Gasteiger partial charge in [-0.15, -0.1) is 0 Å². The maximum absolute atomic E-state index is 13.5. The molecule has 1 saturated heterocycles. The van der Waals surface area contributed by atoms with E-state index < -0.39 is 28.5 Å². The molecule has 0 aromatic heterocycles. The third-order valence-corrected chi connectivity index (χ3v) is 4.68. The van der Waals surface area contributed by atoms with Crippen LogP contribution >= 0.6 is 0 Å². The van der Waals surface area contributed by atoms with E-state index in [4.69, 9.17) is 0 Å². The fourth-order valence-electron chi connectivity index (χ4n) is 3.27. The van der Waals surface area contributed by atoms with Crippen LogP contribution in [-0.2, 0) is 9.59 Å². The molecule has 1 atom stereocenters. The molecule has 4 amide bonds. The third-order valence-electron chi connectivity index (χ3n) is 4.68. The molecule has 162 valence electrons. The highest BCUT2D eigenvalue weighted by molar-refractivity contribution is 6.00. The predicted molar refractivity (Wildman–Crippen MR) is 111 cm³/mol. The van der Waals surface area contributed by atoms with Gasteiger partial charge in [-0.1, -0.05) is 0 Å². The molecule has 1 heterocycles. The van der Waals surface area contributed by atoms with E-state index in [1.54, 1.807) is 24.3 Å². The van der Waals surface area contributed by atoms with E-state index in [0.29, 0.717) is 30.8 Å². The van der Waals surface area contributed by atoms with Crippen LogP contribution in [0.25, 0.3) is 0 Å². The van der Waals surface area contributed by atoms with E-state index in [9.17, 15) is 28.9 Å². The Labute approximate surface area is 176 Å². The Morgan fingerprint density at radius 1 is 1.03 bits per heavy atom. The smallest absolute Gasteiger partial charge is 0.322 e. The number of nitro benzene ring substituents is 1. The number of nitro groups is 1. The van der Waals surface area contributed by atoms with Crippen molar-refractivity contribution >= 4 is 40.6 Å². The van der Waals surface area contributed by atoms with Crippen molar-refractivity contribution in [3.05, 3.63) is 58.4 Å². The van der Waals surface area contributed by atoms with E-state index >= 15 is 0 Å². The highest BCUT2D eigenvalue weighted by Crippen LogP contribution is 2.24. The number of hydrogen-bond acceptors (Lipinski definition) is 5. The van der Waals surface area contributed by atoms with Gasteiger partial charge < -0.3 is 20.9 Å². The second-order valence-electron chi connectivity index (χ2n) is 6.95. The molecule has 0 saturated carbocycles. The Kier molecular flexibility index (Phi) is 6.43. The summed E-state index contributed by atoms with van der Waals surface area (Å²) >= 11 is 0. The summed E-state index contributed by atoms with van der Waals surface area (Å²) in [5.41, 5.74) is 0.384. The molecule has 11 heteroatoms. The van der Waals surface area contributed by atoms with Crippen LogP contribution in [0, 0.1) is 15.9 Å². The average Bonchev–Trinajstić information content (AvgIpc) is 3.20. The van der Waals surface area contributed by atoms with Crippen LogP contribution < -0.4 is 16.0 Å². The van der Waals surface area contributed by atoms with Crippen molar-refractivity contribution in [1.29, 1.82) is 0 Å². The first-order valence-corrected chi connectivity index (χ1v) is 9.44. The van der Waals surface area contributed by atoms with Crippen LogP contribution in [0.5, 0.6) is 0 Å². The Balaban J connectivity index is 1.65. The van der Waals surface area contributed by atoms with Crippen LogP contribution in [0.15, 0.2) is 42.5 Å². The number of urea groups is 1. The monoisotopic (exact) mass is 429 g/mol. The minimum absolute atomic E-state index is 0.0534. The Morgan fingerprint density at radius 2 is 1.65 bits per heavy atom. The van der Waals surface area contributed by atoms with E-state index in [1.807, 2.05) is 0 Å². The van der Waals surface area contributed by atoms with Crippen LogP contribution in [0.1, 0.15) is 19.8 Å². The fraction of sp³-hybridized carbons (Fsp3) is 0.250. The van der Waals surface area contributed by atoms with Crippen LogP contribution in [0.2, 0.25) is 0 Å². The molecule has 1 aliphatic rings. The largest absolute Gasteiger partial charge is 0.326 e. The van der Waals surface area contributed by atoms with Gasteiger partial charge in [0.05, 0.1) is 4.92 Å². The van der Waals surface area contributed by atoms with Gasteiger partial charge in [-0.25, -0.2) is 4.79 Å². The second kappa shape index (κ2) is 9.20. The van der Waals surface area contributed by atoms with Crippen molar-refractivity contribution in [2.75, 3.05) is 22.5 Å². The molecule has 2 aromatic carbocycles. The van der Waals surface area contributed by atoms with Gasteiger partial charge in [0.15, 0.2) is 0 Å². The number of benzene rings is 2. The zero-order valence-electron chi connectivity index (χ0n) is 16.6. The maximum Gasteiger partial charge on any atom is 0.322 e. The van der Waals surface area contributed by atoms with Crippen LogP contribution in [0.4, 0.5) is 31.9 Å². The quantitative estimate of drug-likeness (QED) is 0.495. The van der Waals surface area contributed by atoms with E-state index in [-0.39, 0.29) is 17.5 Å². The van der Waals surface area contributed by atoms with Gasteiger partial charge in [0.1, 0.15) is 6.04 Å². The Morgan fingerprint density at radius 3 is 2.26 bits per heavy atom. The minimum Gasteiger partial charge on any atom is -0.326 e. The zero-order valence-corrected chi connectivity index (χ0v) is 16.6. The molecule has 0 aliphatic carbocycles. The number of carbonyl (C=O) groups is 3. The third kappa shape index (κ3) is 5.32. The molecular weight excluding hydrogens is 409 g/mol. The first kappa shape index (κ1) is 21.7. The van der Waals surface area contributed by atoms with Crippen LogP contribution in [-0.4, -0.2) is 40.3 Å². The normalized spacial score (nSPS) is 15.3. The topological polar surface area (TPSA) is 134 Å². The number of hydrogen-bond donors (Lipinski definition) is 3. The number of carbonyl (C=O) groups excluding carboxylic acids is 3. The summed E-state index contributed by atoms with van der Waals surface area (Å²) in [6.07, 6.45) is 1.06. The van der Waals surface area contributed by atoms with Gasteiger partial charge in [-0.05, 0) is 49.2 Å². The lowest BCUT2D eigenvalue weighted by Crippen LogP contribution is -2.45. The molecular formula is C20H20FN5O5.